The van der Waals surface area contributed by atoms with Crippen molar-refractivity contribution in [2.75, 3.05) is 25.6 Å². The van der Waals surface area contributed by atoms with Crippen LogP contribution in [0.15, 0.2) is 36.5 Å². The molecular formula is C25H34F2N4O4. The number of carbonyl (C=O) groups excluding carboxylic acids is 1. The predicted molar refractivity (Wildman–Crippen MR) is 131 cm³/mol. The van der Waals surface area contributed by atoms with Gasteiger partial charge in [0.1, 0.15) is 11.4 Å². The van der Waals surface area contributed by atoms with E-state index in [1.165, 1.54) is 24.4 Å². The van der Waals surface area contributed by atoms with E-state index >= 15 is 0 Å². The van der Waals surface area contributed by atoms with Crippen LogP contribution in [0.3, 0.4) is 0 Å². The minimum Gasteiger partial charge on any atom is -0.435 e. The topological polar surface area (TPSA) is 117 Å². The zero-order chi connectivity index (χ0) is 26.0. The van der Waals surface area contributed by atoms with Crippen LogP contribution in [0.1, 0.15) is 55.2 Å². The molecule has 1 fully saturated rings. The number of hydrogen-bond acceptors (Lipinski definition) is 8. The van der Waals surface area contributed by atoms with Crippen molar-refractivity contribution < 1.29 is 28.2 Å². The van der Waals surface area contributed by atoms with Gasteiger partial charge in [-0.2, -0.15) is 8.78 Å². The molecule has 35 heavy (non-hydrogen) atoms. The third-order valence-corrected chi connectivity index (χ3v) is 5.76. The second kappa shape index (κ2) is 13.2. The summed E-state index contributed by atoms with van der Waals surface area (Å²) in [5.74, 6) is -0.0323. The summed E-state index contributed by atoms with van der Waals surface area (Å²) in [4.78, 5) is 15.1. The summed E-state index contributed by atoms with van der Waals surface area (Å²) in [5, 5.41) is 24.2. The van der Waals surface area contributed by atoms with E-state index in [0.717, 1.165) is 26.1 Å². The van der Waals surface area contributed by atoms with Crippen molar-refractivity contribution in [2.45, 2.75) is 57.9 Å². The number of benzene rings is 1. The highest BCUT2D eigenvalue weighted by molar-refractivity contribution is 6.13. The Kier molecular flexibility index (Phi) is 10.7. The molecular weight excluding hydrogens is 458 g/mol. The van der Waals surface area contributed by atoms with Crippen LogP contribution >= 0.6 is 0 Å². The van der Waals surface area contributed by atoms with Gasteiger partial charge in [0.05, 0.1) is 17.5 Å². The fourth-order valence-electron chi connectivity index (χ4n) is 3.74. The Labute approximate surface area is 204 Å². The molecule has 1 aliphatic heterocycles. The summed E-state index contributed by atoms with van der Waals surface area (Å²) in [6.45, 7) is 4.24. The van der Waals surface area contributed by atoms with Crippen molar-refractivity contribution in [2.24, 2.45) is 0 Å². The van der Waals surface area contributed by atoms with Gasteiger partial charge in [-0.1, -0.05) is 12.1 Å². The Morgan fingerprint density at radius 3 is 2.46 bits per heavy atom. The Hall–Kier alpha value is -2.95. The van der Waals surface area contributed by atoms with Gasteiger partial charge in [0.2, 0.25) is 0 Å². The lowest BCUT2D eigenvalue weighted by Gasteiger charge is -2.39. The maximum Gasteiger partial charge on any atom is 0.387 e. The van der Waals surface area contributed by atoms with E-state index in [2.05, 4.69) is 20.4 Å². The van der Waals surface area contributed by atoms with E-state index in [0.29, 0.717) is 28.8 Å². The lowest BCUT2D eigenvalue weighted by atomic mass is 9.85. The highest BCUT2D eigenvalue weighted by Gasteiger charge is 2.35. The van der Waals surface area contributed by atoms with Crippen LogP contribution in [-0.4, -0.2) is 66.6 Å². The second-order valence-corrected chi connectivity index (χ2v) is 8.56. The van der Waals surface area contributed by atoms with Gasteiger partial charge in [-0.25, -0.2) is 0 Å². The van der Waals surface area contributed by atoms with Crippen molar-refractivity contribution in [3.63, 3.8) is 0 Å². The monoisotopic (exact) mass is 492 g/mol. The van der Waals surface area contributed by atoms with E-state index in [1.807, 2.05) is 27.8 Å². The van der Waals surface area contributed by atoms with E-state index in [9.17, 15) is 18.7 Å². The van der Waals surface area contributed by atoms with Gasteiger partial charge in [-0.15, -0.1) is 0 Å². The van der Waals surface area contributed by atoms with Gasteiger partial charge in [0.25, 0.3) is 0 Å². The number of nitrogens with one attached hydrogen (secondary N) is 3. The molecule has 3 rings (SSSR count). The van der Waals surface area contributed by atoms with E-state index in [4.69, 9.17) is 10.1 Å². The van der Waals surface area contributed by atoms with Crippen LogP contribution in [0.2, 0.25) is 0 Å². The number of likely N-dealkylation sites (N-methyl/N-ethyl adjacent to an activating group) is 1. The van der Waals surface area contributed by atoms with E-state index in [-0.39, 0.29) is 29.1 Å². The number of halogens is 2. The minimum absolute atomic E-state index is 0.0323. The zero-order valence-electron chi connectivity index (χ0n) is 20.5. The molecule has 10 heteroatoms. The number of nitrogens with zero attached hydrogens (tertiary/aromatic N) is 1. The van der Waals surface area contributed by atoms with Gasteiger partial charge in [-0.05, 0) is 58.9 Å². The van der Waals surface area contributed by atoms with E-state index in [1.54, 1.807) is 12.1 Å². The molecule has 2 heterocycles. The third kappa shape index (κ3) is 8.05. The molecule has 8 nitrogen and oxygen atoms in total. The summed E-state index contributed by atoms with van der Waals surface area (Å²) < 4.78 is 34.3. The maximum atomic E-state index is 12.3. The Bertz CT molecular complexity index is 980. The maximum absolute atomic E-state index is 12.3. The predicted octanol–water partition coefficient (Wildman–Crippen LogP) is 3.87. The highest BCUT2D eigenvalue weighted by atomic mass is 19.3. The molecule has 1 saturated heterocycles. The van der Waals surface area contributed by atoms with Crippen molar-refractivity contribution in [3.8, 4) is 5.75 Å². The number of aliphatic hydroxyl groups excluding tert-OH is 1. The molecule has 2 aromatic rings. The van der Waals surface area contributed by atoms with Gasteiger partial charge in [0, 0.05) is 42.1 Å². The lowest BCUT2D eigenvalue weighted by molar-refractivity contribution is -0.0498. The smallest absolute Gasteiger partial charge is 0.387 e. The third-order valence-electron chi connectivity index (χ3n) is 5.76. The first-order chi connectivity index (χ1) is 16.6. The summed E-state index contributed by atoms with van der Waals surface area (Å²) in [6.07, 6.45) is 3.55. The number of aliphatic hydroxyl groups is 1. The second-order valence-electron chi connectivity index (χ2n) is 8.56. The molecule has 0 amide bonds. The standard InChI is InChI=1S/C17H17F2N3O2.C8H17NO2/c1-10(2)22-14-6-11(9-23)8-21-16(14)15(20)12-4-3-5-13(7-12)24-17(18)19;1-7(10)8(9-2)3-5-11-6-4-8/h3-10,17,20,22H,1-2H3;7,9-10H,3-6H2,1-2H3. The van der Waals surface area contributed by atoms with Gasteiger partial charge >= 0.3 is 6.61 Å². The summed E-state index contributed by atoms with van der Waals surface area (Å²) in [7, 11) is 1.90. The number of hydrogen-bond donors (Lipinski definition) is 4. The largest absolute Gasteiger partial charge is 0.435 e. The van der Waals surface area contributed by atoms with Gasteiger partial charge in [0.15, 0.2) is 6.29 Å². The van der Waals surface area contributed by atoms with Gasteiger partial charge < -0.3 is 25.2 Å². The average Bonchev–Trinajstić information content (AvgIpc) is 2.83. The van der Waals surface area contributed by atoms with Crippen LogP contribution < -0.4 is 15.4 Å². The van der Waals surface area contributed by atoms with Crippen LogP contribution in [-0.2, 0) is 4.74 Å². The fourth-order valence-corrected chi connectivity index (χ4v) is 3.74. The quantitative estimate of drug-likeness (QED) is 0.310. The number of aromatic nitrogens is 1. The molecule has 4 N–H and O–H groups in total. The normalized spacial score (nSPS) is 15.7. The highest BCUT2D eigenvalue weighted by Crippen LogP contribution is 2.24. The molecule has 0 saturated carbocycles. The van der Waals surface area contributed by atoms with Crippen LogP contribution in [0.4, 0.5) is 14.5 Å². The molecule has 192 valence electrons. The Morgan fingerprint density at radius 2 is 1.94 bits per heavy atom. The number of alkyl halides is 2. The first kappa shape index (κ1) is 28.3. The summed E-state index contributed by atoms with van der Waals surface area (Å²) in [5.41, 5.74) is 1.55. The molecule has 0 spiro atoms. The Morgan fingerprint density at radius 1 is 1.26 bits per heavy atom. The summed E-state index contributed by atoms with van der Waals surface area (Å²) in [6, 6.07) is 7.53. The molecule has 0 aliphatic carbocycles. The number of pyridine rings is 1. The van der Waals surface area contributed by atoms with Crippen molar-refractivity contribution in [1.82, 2.24) is 10.3 Å². The minimum atomic E-state index is -2.93. The number of anilines is 1. The fraction of sp³-hybridized carbons (Fsp3) is 0.480. The molecule has 1 aromatic carbocycles. The molecule has 1 atom stereocenters. The van der Waals surface area contributed by atoms with E-state index < -0.39 is 6.61 Å². The van der Waals surface area contributed by atoms with Crippen molar-refractivity contribution >= 4 is 17.7 Å². The molecule has 0 radical (unpaired) electrons. The zero-order valence-corrected chi connectivity index (χ0v) is 20.5. The SMILES string of the molecule is CC(C)Nc1cc(C=O)cnc1C(=N)c1cccc(OC(F)F)c1.CNC1(C(C)O)CCOCC1. The van der Waals surface area contributed by atoms with Crippen LogP contribution in [0.25, 0.3) is 0 Å². The number of rotatable bonds is 9. The van der Waals surface area contributed by atoms with Crippen molar-refractivity contribution in [1.29, 1.82) is 5.41 Å². The Balaban J connectivity index is 0.000000328. The molecule has 1 aromatic heterocycles. The lowest BCUT2D eigenvalue weighted by Crippen LogP contribution is -2.55. The number of aldehydes is 1. The molecule has 1 unspecified atom stereocenters. The van der Waals surface area contributed by atoms with Crippen LogP contribution in [0.5, 0.6) is 5.75 Å². The van der Waals surface area contributed by atoms with Crippen LogP contribution in [0, 0.1) is 5.41 Å². The first-order valence-corrected chi connectivity index (χ1v) is 11.4. The summed E-state index contributed by atoms with van der Waals surface area (Å²) >= 11 is 0. The average molecular weight is 493 g/mol. The molecule has 0 bridgehead atoms. The number of carbonyl (C=O) groups is 1. The molecule has 1 aliphatic rings. The number of ether oxygens (including phenoxy) is 2. The van der Waals surface area contributed by atoms with Crippen molar-refractivity contribution in [3.05, 3.63) is 53.3 Å². The van der Waals surface area contributed by atoms with Gasteiger partial charge in [-0.3, -0.25) is 15.2 Å². The first-order valence-electron chi connectivity index (χ1n) is 11.4.